The molecule has 0 bridgehead atoms. The summed E-state index contributed by atoms with van der Waals surface area (Å²) >= 11 is 1.80. The zero-order valence-electron chi connectivity index (χ0n) is 14.3. The number of guanidine groups is 1. The van der Waals surface area contributed by atoms with Gasteiger partial charge in [-0.15, -0.1) is 11.3 Å². The molecule has 1 aliphatic rings. The number of primary amides is 1. The lowest BCUT2D eigenvalue weighted by molar-refractivity contribution is 0.0972. The van der Waals surface area contributed by atoms with Crippen molar-refractivity contribution >= 4 is 23.2 Å². The molecule has 2 aromatic rings. The molecule has 0 unspecified atom stereocenters. The Morgan fingerprint density at radius 2 is 2.12 bits per heavy atom. The molecule has 1 fully saturated rings. The molecule has 1 aliphatic heterocycles. The van der Waals surface area contributed by atoms with Gasteiger partial charge in [0.1, 0.15) is 5.76 Å². The molecule has 0 atom stereocenters. The van der Waals surface area contributed by atoms with Crippen molar-refractivity contribution in [1.29, 1.82) is 0 Å². The summed E-state index contributed by atoms with van der Waals surface area (Å²) in [5, 5.41) is 5.40. The van der Waals surface area contributed by atoms with Gasteiger partial charge in [0.2, 0.25) is 0 Å². The molecule has 0 saturated carbocycles. The van der Waals surface area contributed by atoms with E-state index in [0.29, 0.717) is 12.3 Å². The van der Waals surface area contributed by atoms with Gasteiger partial charge in [0.05, 0.1) is 6.54 Å². The van der Waals surface area contributed by atoms with E-state index in [4.69, 9.17) is 10.2 Å². The predicted octanol–water partition coefficient (Wildman–Crippen LogP) is 1.33. The molecule has 0 spiro atoms. The van der Waals surface area contributed by atoms with Gasteiger partial charge in [-0.1, -0.05) is 6.07 Å². The maximum Gasteiger partial charge on any atom is 0.284 e. The maximum atomic E-state index is 11.1. The monoisotopic (exact) mass is 361 g/mol. The Bertz CT molecular complexity index is 717. The van der Waals surface area contributed by atoms with Crippen molar-refractivity contribution in [3.8, 4) is 0 Å². The fraction of sp³-hybridized carbons (Fsp3) is 0.412. The molecule has 134 valence electrons. The van der Waals surface area contributed by atoms with Crippen molar-refractivity contribution in [3.63, 3.8) is 0 Å². The quantitative estimate of drug-likeness (QED) is 0.620. The second-order valence-corrected chi connectivity index (χ2v) is 6.91. The second kappa shape index (κ2) is 8.17. The molecule has 0 aromatic carbocycles. The van der Waals surface area contributed by atoms with Gasteiger partial charge >= 0.3 is 0 Å². The minimum Gasteiger partial charge on any atom is -0.454 e. The van der Waals surface area contributed by atoms with E-state index in [0.717, 1.165) is 38.7 Å². The third kappa shape index (κ3) is 4.61. The van der Waals surface area contributed by atoms with E-state index >= 15 is 0 Å². The van der Waals surface area contributed by atoms with Crippen LogP contribution in [0.2, 0.25) is 0 Å². The largest absolute Gasteiger partial charge is 0.454 e. The van der Waals surface area contributed by atoms with Crippen LogP contribution < -0.4 is 11.1 Å². The number of furan rings is 1. The van der Waals surface area contributed by atoms with Crippen LogP contribution in [0, 0.1) is 0 Å². The Kier molecular flexibility index (Phi) is 5.72. The molecule has 0 aliphatic carbocycles. The van der Waals surface area contributed by atoms with Crippen molar-refractivity contribution in [2.75, 3.05) is 33.2 Å². The number of carbonyl (C=O) groups is 1. The Morgan fingerprint density at radius 1 is 1.32 bits per heavy atom. The molecule has 1 amide bonds. The van der Waals surface area contributed by atoms with Crippen LogP contribution in [0.15, 0.2) is 39.1 Å². The number of rotatable bonds is 5. The third-order valence-electron chi connectivity index (χ3n) is 4.17. The average molecular weight is 361 g/mol. The van der Waals surface area contributed by atoms with Crippen LogP contribution in [-0.2, 0) is 13.1 Å². The molecule has 2 aromatic heterocycles. The molecule has 7 nitrogen and oxygen atoms in total. The number of nitrogens with one attached hydrogen (secondary N) is 1. The summed E-state index contributed by atoms with van der Waals surface area (Å²) in [5.74, 6) is 1.12. The van der Waals surface area contributed by atoms with E-state index in [9.17, 15) is 4.79 Å². The lowest BCUT2D eigenvalue weighted by Crippen LogP contribution is -2.51. The van der Waals surface area contributed by atoms with Crippen LogP contribution in [0.3, 0.4) is 0 Å². The summed E-state index contributed by atoms with van der Waals surface area (Å²) in [4.78, 5) is 21.5. The number of hydrogen-bond donors (Lipinski definition) is 2. The summed E-state index contributed by atoms with van der Waals surface area (Å²) in [6, 6.07) is 7.62. The highest BCUT2D eigenvalue weighted by atomic mass is 32.1. The summed E-state index contributed by atoms with van der Waals surface area (Å²) < 4.78 is 5.39. The van der Waals surface area contributed by atoms with Gasteiger partial charge in [-0.05, 0) is 23.6 Å². The smallest absolute Gasteiger partial charge is 0.284 e. The fourth-order valence-corrected chi connectivity index (χ4v) is 3.59. The van der Waals surface area contributed by atoms with E-state index in [-0.39, 0.29) is 5.76 Å². The molecule has 3 N–H and O–H groups in total. The Morgan fingerprint density at radius 3 is 2.72 bits per heavy atom. The highest BCUT2D eigenvalue weighted by Gasteiger charge is 2.20. The van der Waals surface area contributed by atoms with Crippen molar-refractivity contribution in [3.05, 3.63) is 46.0 Å². The molecular formula is C17H23N5O2S. The minimum absolute atomic E-state index is 0.175. The Balaban J connectivity index is 1.48. The fourth-order valence-electron chi connectivity index (χ4n) is 2.84. The Labute approximate surface area is 151 Å². The first kappa shape index (κ1) is 17.5. The van der Waals surface area contributed by atoms with Gasteiger partial charge < -0.3 is 20.4 Å². The van der Waals surface area contributed by atoms with E-state index in [1.807, 2.05) is 0 Å². The van der Waals surface area contributed by atoms with E-state index in [2.05, 4.69) is 37.6 Å². The van der Waals surface area contributed by atoms with Crippen LogP contribution in [-0.4, -0.2) is 54.9 Å². The van der Waals surface area contributed by atoms with Crippen molar-refractivity contribution in [1.82, 2.24) is 15.1 Å². The third-order valence-corrected chi connectivity index (χ3v) is 5.03. The minimum atomic E-state index is -0.558. The van der Waals surface area contributed by atoms with E-state index in [1.54, 1.807) is 30.5 Å². The lowest BCUT2D eigenvalue weighted by atomic mass is 10.3. The normalized spacial score (nSPS) is 16.2. The molecule has 3 heterocycles. The first-order chi connectivity index (χ1) is 12.2. The SMILES string of the molecule is CN=C(NCc1ccc(C(N)=O)o1)N1CCN(Cc2cccs2)CC1. The zero-order chi connectivity index (χ0) is 17.6. The molecular weight excluding hydrogens is 338 g/mol. The maximum absolute atomic E-state index is 11.1. The van der Waals surface area contributed by atoms with Gasteiger partial charge in [-0.3, -0.25) is 14.7 Å². The average Bonchev–Trinajstić information content (AvgIpc) is 3.28. The number of piperazine rings is 1. The number of aliphatic imine (C=N–C) groups is 1. The summed E-state index contributed by atoms with van der Waals surface area (Å²) in [5.41, 5.74) is 5.20. The molecule has 25 heavy (non-hydrogen) atoms. The van der Waals surface area contributed by atoms with Gasteiger partial charge in [0, 0.05) is 44.6 Å². The summed E-state index contributed by atoms with van der Waals surface area (Å²) in [7, 11) is 1.78. The number of nitrogens with two attached hydrogens (primary N) is 1. The lowest BCUT2D eigenvalue weighted by Gasteiger charge is -2.36. The van der Waals surface area contributed by atoms with Crippen LogP contribution in [0.25, 0.3) is 0 Å². The zero-order valence-corrected chi connectivity index (χ0v) is 15.1. The number of carbonyl (C=O) groups excluding carboxylic acids is 1. The van der Waals surface area contributed by atoms with Gasteiger partial charge in [-0.25, -0.2) is 0 Å². The molecule has 8 heteroatoms. The Hall–Kier alpha value is -2.32. The van der Waals surface area contributed by atoms with Crippen molar-refractivity contribution in [2.45, 2.75) is 13.1 Å². The van der Waals surface area contributed by atoms with Gasteiger partial charge in [-0.2, -0.15) is 0 Å². The standard InChI is InChI=1S/C17H23N5O2S/c1-19-17(20-11-13-4-5-15(24-13)16(18)23)22-8-6-21(7-9-22)12-14-3-2-10-25-14/h2-5,10H,6-9,11-12H2,1H3,(H2,18,23)(H,19,20). The highest BCUT2D eigenvalue weighted by molar-refractivity contribution is 7.09. The van der Waals surface area contributed by atoms with Crippen LogP contribution in [0.1, 0.15) is 21.2 Å². The highest BCUT2D eigenvalue weighted by Crippen LogP contribution is 2.14. The predicted molar refractivity (Wildman–Crippen MR) is 98.6 cm³/mol. The first-order valence-corrected chi connectivity index (χ1v) is 9.12. The van der Waals surface area contributed by atoms with Crippen molar-refractivity contribution in [2.24, 2.45) is 10.7 Å². The number of hydrogen-bond acceptors (Lipinski definition) is 5. The van der Waals surface area contributed by atoms with Crippen LogP contribution >= 0.6 is 11.3 Å². The van der Waals surface area contributed by atoms with E-state index < -0.39 is 5.91 Å². The van der Waals surface area contributed by atoms with Crippen LogP contribution in [0.4, 0.5) is 0 Å². The number of nitrogens with zero attached hydrogens (tertiary/aromatic N) is 3. The van der Waals surface area contributed by atoms with Gasteiger partial charge in [0.15, 0.2) is 11.7 Å². The summed E-state index contributed by atoms with van der Waals surface area (Å²) in [6.07, 6.45) is 0. The van der Waals surface area contributed by atoms with Gasteiger partial charge in [0.25, 0.3) is 5.91 Å². The van der Waals surface area contributed by atoms with Crippen molar-refractivity contribution < 1.29 is 9.21 Å². The first-order valence-electron chi connectivity index (χ1n) is 8.24. The second-order valence-electron chi connectivity index (χ2n) is 5.87. The molecule has 0 radical (unpaired) electrons. The van der Waals surface area contributed by atoms with Crippen LogP contribution in [0.5, 0.6) is 0 Å². The number of amides is 1. The van der Waals surface area contributed by atoms with E-state index in [1.165, 1.54) is 4.88 Å². The topological polar surface area (TPSA) is 87.1 Å². The summed E-state index contributed by atoms with van der Waals surface area (Å²) in [6.45, 7) is 5.34. The molecule has 1 saturated heterocycles. The molecule has 3 rings (SSSR count). The number of thiophene rings is 1.